The van der Waals surface area contributed by atoms with E-state index in [2.05, 4.69) is 4.99 Å². The number of halogens is 3. The number of amidine groups is 1. The molecule has 3 nitrogen and oxygen atoms in total. The van der Waals surface area contributed by atoms with Crippen molar-refractivity contribution in [1.82, 2.24) is 0 Å². The molecule has 0 aromatic heterocycles. The van der Waals surface area contributed by atoms with Crippen LogP contribution < -0.4 is 5.73 Å². The van der Waals surface area contributed by atoms with Crippen molar-refractivity contribution in [1.29, 1.82) is 5.26 Å². The number of rotatable bonds is 6. The summed E-state index contributed by atoms with van der Waals surface area (Å²) < 4.78 is 38.8. The minimum absolute atomic E-state index is 0.0448. The smallest absolute Gasteiger partial charge is 0.383 e. The summed E-state index contributed by atoms with van der Waals surface area (Å²) in [5.74, 6) is 0.398. The number of unbranched alkanes of at least 4 members (excludes halogenated alkanes) is 1. The van der Waals surface area contributed by atoms with Gasteiger partial charge >= 0.3 is 6.18 Å². The molecule has 0 aliphatic carbocycles. The Bertz CT molecular complexity index is 586. The molecule has 2 N–H and O–H groups in total. The van der Waals surface area contributed by atoms with E-state index in [1.807, 2.05) is 6.92 Å². The summed E-state index contributed by atoms with van der Waals surface area (Å²) >= 11 is 0.898. The van der Waals surface area contributed by atoms with Gasteiger partial charge in [-0.05, 0) is 12.2 Å². The maximum absolute atomic E-state index is 12.9. The van der Waals surface area contributed by atoms with Crippen molar-refractivity contribution in [2.24, 2.45) is 10.7 Å². The summed E-state index contributed by atoms with van der Waals surface area (Å²) in [4.78, 5) is 3.85. The van der Waals surface area contributed by atoms with Crippen LogP contribution in [0.1, 0.15) is 25.3 Å². The summed E-state index contributed by atoms with van der Waals surface area (Å²) in [5.41, 5.74) is 4.96. The van der Waals surface area contributed by atoms with Crippen LogP contribution in [0.3, 0.4) is 0 Å². The van der Waals surface area contributed by atoms with Gasteiger partial charge in [-0.25, -0.2) is 4.99 Å². The summed E-state index contributed by atoms with van der Waals surface area (Å²) in [6.45, 7) is 1.93. The second-order valence-corrected chi connectivity index (χ2v) is 5.44. The molecule has 0 bridgehead atoms. The third kappa shape index (κ3) is 5.45. The van der Waals surface area contributed by atoms with Crippen molar-refractivity contribution < 1.29 is 13.2 Å². The van der Waals surface area contributed by atoms with E-state index in [0.29, 0.717) is 11.3 Å². The van der Waals surface area contributed by atoms with Gasteiger partial charge in [0.05, 0.1) is 0 Å². The third-order valence-electron chi connectivity index (χ3n) is 2.64. The number of benzene rings is 1. The molecule has 0 aliphatic rings. The fourth-order valence-corrected chi connectivity index (χ4v) is 2.58. The second-order valence-electron chi connectivity index (χ2n) is 4.35. The molecule has 0 unspecified atom stereocenters. The van der Waals surface area contributed by atoms with Gasteiger partial charge in [0.1, 0.15) is 16.9 Å². The van der Waals surface area contributed by atoms with Gasteiger partial charge in [-0.1, -0.05) is 43.7 Å². The van der Waals surface area contributed by atoms with Crippen molar-refractivity contribution in [2.75, 3.05) is 5.75 Å². The number of nitriles is 1. The fraction of sp³-hybridized carbons (Fsp3) is 0.333. The fourth-order valence-electron chi connectivity index (χ4n) is 1.49. The molecule has 0 fully saturated rings. The molecular formula is C15H16F3N3S. The predicted molar refractivity (Wildman–Crippen MR) is 83.2 cm³/mol. The van der Waals surface area contributed by atoms with Crippen LogP contribution in [-0.4, -0.2) is 17.8 Å². The van der Waals surface area contributed by atoms with E-state index in [0.717, 1.165) is 24.6 Å². The zero-order valence-electron chi connectivity index (χ0n) is 12.0. The highest BCUT2D eigenvalue weighted by Crippen LogP contribution is 2.33. The maximum atomic E-state index is 12.9. The van der Waals surface area contributed by atoms with Crippen LogP contribution in [0.25, 0.3) is 0 Å². The number of nitrogens with two attached hydrogens (primary N) is 1. The van der Waals surface area contributed by atoms with E-state index in [4.69, 9.17) is 11.0 Å². The highest BCUT2D eigenvalue weighted by Gasteiger charge is 2.37. The first-order chi connectivity index (χ1) is 10.4. The highest BCUT2D eigenvalue weighted by molar-refractivity contribution is 8.03. The molecule has 0 saturated carbocycles. The normalized spacial score (nSPS) is 13.5. The van der Waals surface area contributed by atoms with Crippen molar-refractivity contribution in [3.8, 4) is 6.07 Å². The van der Waals surface area contributed by atoms with E-state index in [-0.39, 0.29) is 10.9 Å². The number of allylic oxidation sites excluding steroid dienone is 1. The molecular weight excluding hydrogens is 311 g/mol. The number of alkyl halides is 3. The number of aliphatic imine (C=N–C) groups is 1. The second kappa shape index (κ2) is 8.49. The quantitative estimate of drug-likeness (QED) is 0.368. The Kier molecular flexibility index (Phi) is 6.99. The lowest BCUT2D eigenvalue weighted by molar-refractivity contribution is -0.0877. The summed E-state index contributed by atoms with van der Waals surface area (Å²) in [6.07, 6.45) is -3.18. The highest BCUT2D eigenvalue weighted by atomic mass is 32.2. The molecule has 7 heteroatoms. The lowest BCUT2D eigenvalue weighted by atomic mass is 10.2. The van der Waals surface area contributed by atoms with Gasteiger partial charge in [-0.3, -0.25) is 0 Å². The first-order valence-electron chi connectivity index (χ1n) is 6.64. The monoisotopic (exact) mass is 327 g/mol. The first-order valence-corrected chi connectivity index (χ1v) is 7.62. The molecule has 0 aliphatic heterocycles. The van der Waals surface area contributed by atoms with Crippen molar-refractivity contribution in [3.05, 3.63) is 46.5 Å². The van der Waals surface area contributed by atoms with E-state index < -0.39 is 11.7 Å². The zero-order valence-corrected chi connectivity index (χ0v) is 12.8. The van der Waals surface area contributed by atoms with Crippen LogP contribution in [-0.2, 0) is 0 Å². The average Bonchev–Trinajstić information content (AvgIpc) is 2.47. The molecule has 1 aromatic rings. The lowest BCUT2D eigenvalue weighted by Crippen LogP contribution is -2.16. The Morgan fingerprint density at radius 2 is 1.95 bits per heavy atom. The molecule has 0 saturated heterocycles. The SMILES string of the molecule is CCCCSC(/N=C(\N)c1ccccc1)=C(/C#N)C(F)(F)F. The van der Waals surface area contributed by atoms with Crippen molar-refractivity contribution >= 4 is 17.6 Å². The van der Waals surface area contributed by atoms with Gasteiger partial charge in [0.25, 0.3) is 0 Å². The lowest BCUT2D eigenvalue weighted by Gasteiger charge is -2.10. The molecule has 0 heterocycles. The largest absolute Gasteiger partial charge is 0.428 e. The van der Waals surface area contributed by atoms with E-state index in [9.17, 15) is 13.2 Å². The summed E-state index contributed by atoms with van der Waals surface area (Å²) in [5, 5.41) is 8.44. The number of hydrogen-bond acceptors (Lipinski definition) is 3. The van der Waals surface area contributed by atoms with Crippen LogP contribution in [0, 0.1) is 11.3 Å². The maximum Gasteiger partial charge on any atom is 0.428 e. The Morgan fingerprint density at radius 1 is 1.32 bits per heavy atom. The zero-order chi connectivity index (χ0) is 16.6. The topological polar surface area (TPSA) is 62.2 Å². The van der Waals surface area contributed by atoms with Gasteiger partial charge < -0.3 is 5.73 Å². The predicted octanol–water partition coefficient (Wildman–Crippen LogP) is 4.22. The molecule has 0 radical (unpaired) electrons. The standard InChI is InChI=1S/C15H16F3N3S/c1-2-3-9-22-14(12(10-19)15(16,17)18)21-13(20)11-7-5-4-6-8-11/h4-8H,2-3,9H2,1H3,(H2,20,21)/b14-12-. The van der Waals surface area contributed by atoms with Gasteiger partial charge in [0, 0.05) is 5.56 Å². The molecule has 118 valence electrons. The van der Waals surface area contributed by atoms with Crippen molar-refractivity contribution in [2.45, 2.75) is 25.9 Å². The van der Waals surface area contributed by atoms with Gasteiger partial charge in [-0.15, -0.1) is 11.8 Å². The van der Waals surface area contributed by atoms with Crippen LogP contribution in [0.5, 0.6) is 0 Å². The van der Waals surface area contributed by atoms with E-state index in [1.54, 1.807) is 30.3 Å². The summed E-state index contributed by atoms with van der Waals surface area (Å²) in [7, 11) is 0. The van der Waals surface area contributed by atoms with E-state index >= 15 is 0 Å². The molecule has 1 aromatic carbocycles. The average molecular weight is 327 g/mol. The molecule has 0 atom stereocenters. The van der Waals surface area contributed by atoms with Crippen LogP contribution in [0.4, 0.5) is 13.2 Å². The third-order valence-corrected chi connectivity index (χ3v) is 3.70. The summed E-state index contributed by atoms with van der Waals surface area (Å²) in [6, 6.07) is 9.67. The molecule has 1 rings (SSSR count). The minimum Gasteiger partial charge on any atom is -0.383 e. The molecule has 0 spiro atoms. The number of hydrogen-bond donors (Lipinski definition) is 1. The van der Waals surface area contributed by atoms with Gasteiger partial charge in [-0.2, -0.15) is 18.4 Å². The number of thioether (sulfide) groups is 1. The number of nitrogens with zero attached hydrogens (tertiary/aromatic N) is 2. The molecule has 22 heavy (non-hydrogen) atoms. The van der Waals surface area contributed by atoms with Crippen LogP contribution in [0.2, 0.25) is 0 Å². The van der Waals surface area contributed by atoms with Crippen LogP contribution in [0.15, 0.2) is 45.9 Å². The molecule has 0 amide bonds. The van der Waals surface area contributed by atoms with Gasteiger partial charge in [0.2, 0.25) is 0 Å². The van der Waals surface area contributed by atoms with Gasteiger partial charge in [0.15, 0.2) is 5.57 Å². The van der Waals surface area contributed by atoms with Crippen LogP contribution >= 0.6 is 11.8 Å². The van der Waals surface area contributed by atoms with E-state index in [1.165, 1.54) is 6.07 Å². The van der Waals surface area contributed by atoms with Crippen molar-refractivity contribution in [3.63, 3.8) is 0 Å². The Balaban J connectivity index is 3.21. The Hall–Kier alpha value is -1.94. The Morgan fingerprint density at radius 3 is 2.45 bits per heavy atom. The minimum atomic E-state index is -4.75. The Labute approximate surface area is 131 Å². The first kappa shape index (κ1) is 18.1.